The van der Waals surface area contributed by atoms with Crippen molar-refractivity contribution in [3.63, 3.8) is 0 Å². The summed E-state index contributed by atoms with van der Waals surface area (Å²) in [5, 5.41) is 8.29. The first-order valence-corrected chi connectivity index (χ1v) is 13.5. The van der Waals surface area contributed by atoms with Crippen molar-refractivity contribution in [2.24, 2.45) is 5.73 Å². The Morgan fingerprint density at radius 1 is 1.10 bits per heavy atom. The van der Waals surface area contributed by atoms with Crippen molar-refractivity contribution in [3.05, 3.63) is 84.4 Å². The molecule has 11 nitrogen and oxygen atoms in total. The zero-order valence-corrected chi connectivity index (χ0v) is 22.1. The number of rotatable bonds is 9. The fourth-order valence-electron chi connectivity index (χ4n) is 4.42. The van der Waals surface area contributed by atoms with Gasteiger partial charge in [0.1, 0.15) is 17.8 Å². The molecular weight excluding hydrogens is 518 g/mol. The molecule has 1 aromatic heterocycles. The maximum atomic E-state index is 13.6. The van der Waals surface area contributed by atoms with E-state index in [1.54, 1.807) is 6.07 Å². The van der Waals surface area contributed by atoms with Crippen LogP contribution in [0, 0.1) is 0 Å². The first-order valence-electron chi connectivity index (χ1n) is 12.3. The number of nitrogens with two attached hydrogens (primary N) is 1. The second-order valence-electron chi connectivity index (χ2n) is 8.91. The summed E-state index contributed by atoms with van der Waals surface area (Å²) in [5.41, 5.74) is 7.06. The predicted molar refractivity (Wildman–Crippen MR) is 147 cm³/mol. The molecule has 0 spiro atoms. The van der Waals surface area contributed by atoms with E-state index in [0.29, 0.717) is 12.1 Å². The molecule has 3 atom stereocenters. The van der Waals surface area contributed by atoms with Crippen molar-refractivity contribution >= 4 is 41.2 Å². The molecule has 1 aliphatic heterocycles. The summed E-state index contributed by atoms with van der Waals surface area (Å²) in [6.07, 6.45) is 6.55. The molecule has 1 saturated heterocycles. The standard InChI is InChI=1S/C27H29N7O4S/c1-39-19-9-5-8-18(15-19)31-27(38)33-20-10-13-34(26(37)22-16-29-11-12-30-22)23(20)25(36)32-21(24(28)35)14-17-6-3-2-4-7-17/h2-9,11-12,15-16,20-21,23H,10,13-14H2,1H3,(H2,28,35)(H,32,36)(H2,31,33,38)/t20-,21+,23-/m0/s1. The van der Waals surface area contributed by atoms with Gasteiger partial charge in [0.15, 0.2) is 0 Å². The Balaban J connectivity index is 1.54. The summed E-state index contributed by atoms with van der Waals surface area (Å²) in [4.78, 5) is 62.3. The highest BCUT2D eigenvalue weighted by Crippen LogP contribution is 2.22. The number of benzene rings is 2. The molecule has 2 aromatic carbocycles. The van der Waals surface area contributed by atoms with Crippen LogP contribution in [0.3, 0.4) is 0 Å². The van der Waals surface area contributed by atoms with E-state index in [1.807, 2.05) is 54.8 Å². The summed E-state index contributed by atoms with van der Waals surface area (Å²) >= 11 is 1.54. The van der Waals surface area contributed by atoms with E-state index in [-0.39, 0.29) is 18.7 Å². The van der Waals surface area contributed by atoms with Crippen molar-refractivity contribution in [3.8, 4) is 0 Å². The van der Waals surface area contributed by atoms with Gasteiger partial charge in [0.2, 0.25) is 11.8 Å². The quantitative estimate of drug-likeness (QED) is 0.297. The molecule has 1 fully saturated rings. The van der Waals surface area contributed by atoms with Crippen LogP contribution in [-0.4, -0.2) is 69.5 Å². The lowest BCUT2D eigenvalue weighted by Crippen LogP contribution is -2.58. The van der Waals surface area contributed by atoms with Crippen LogP contribution in [0.2, 0.25) is 0 Å². The average molecular weight is 548 g/mol. The third-order valence-electron chi connectivity index (χ3n) is 6.30. The molecule has 0 unspecified atom stereocenters. The molecule has 2 heterocycles. The first-order chi connectivity index (χ1) is 18.9. The van der Waals surface area contributed by atoms with Gasteiger partial charge in [0, 0.05) is 35.9 Å². The Kier molecular flexibility index (Phi) is 9.10. The number of amides is 5. The number of urea groups is 1. The van der Waals surface area contributed by atoms with Gasteiger partial charge in [-0.3, -0.25) is 19.4 Å². The zero-order chi connectivity index (χ0) is 27.8. The average Bonchev–Trinajstić information content (AvgIpc) is 3.36. The third-order valence-corrected chi connectivity index (χ3v) is 7.02. The van der Waals surface area contributed by atoms with Crippen molar-refractivity contribution in [2.75, 3.05) is 18.1 Å². The number of anilines is 1. The van der Waals surface area contributed by atoms with Gasteiger partial charge in [-0.2, -0.15) is 0 Å². The van der Waals surface area contributed by atoms with E-state index in [0.717, 1.165) is 10.5 Å². The zero-order valence-electron chi connectivity index (χ0n) is 21.2. The molecule has 3 aromatic rings. The second-order valence-corrected chi connectivity index (χ2v) is 9.79. The highest BCUT2D eigenvalue weighted by atomic mass is 32.2. The number of nitrogens with zero attached hydrogens (tertiary/aromatic N) is 3. The minimum absolute atomic E-state index is 0.0602. The summed E-state index contributed by atoms with van der Waals surface area (Å²) in [6.45, 7) is 0.181. The van der Waals surface area contributed by atoms with Gasteiger partial charge in [-0.25, -0.2) is 9.78 Å². The van der Waals surface area contributed by atoms with Crippen LogP contribution >= 0.6 is 11.8 Å². The number of aromatic nitrogens is 2. The normalized spacial score (nSPS) is 17.2. The maximum Gasteiger partial charge on any atom is 0.319 e. The fraction of sp³-hybridized carbons (Fsp3) is 0.259. The van der Waals surface area contributed by atoms with Crippen LogP contribution in [0.1, 0.15) is 22.5 Å². The van der Waals surface area contributed by atoms with Crippen molar-refractivity contribution in [1.82, 2.24) is 25.5 Å². The SMILES string of the molecule is CSc1cccc(NC(=O)N[C@H]2CCN(C(=O)c3cnccn3)[C@@H]2C(=O)N[C@H](Cc2ccccc2)C(N)=O)c1. The summed E-state index contributed by atoms with van der Waals surface area (Å²) in [6, 6.07) is 13.1. The second kappa shape index (κ2) is 12.9. The van der Waals surface area contributed by atoms with E-state index in [4.69, 9.17) is 5.73 Å². The van der Waals surface area contributed by atoms with E-state index < -0.39 is 41.9 Å². The van der Waals surface area contributed by atoms with Crippen LogP contribution < -0.4 is 21.7 Å². The lowest BCUT2D eigenvalue weighted by Gasteiger charge is -2.29. The minimum atomic E-state index is -1.11. The number of hydrogen-bond acceptors (Lipinski definition) is 7. The minimum Gasteiger partial charge on any atom is -0.368 e. The van der Waals surface area contributed by atoms with E-state index in [1.165, 1.54) is 35.3 Å². The van der Waals surface area contributed by atoms with E-state index in [9.17, 15) is 19.2 Å². The van der Waals surface area contributed by atoms with Crippen molar-refractivity contribution in [1.29, 1.82) is 0 Å². The number of carbonyl (C=O) groups excluding carboxylic acids is 4. The van der Waals surface area contributed by atoms with E-state index in [2.05, 4.69) is 25.9 Å². The van der Waals surface area contributed by atoms with Gasteiger partial charge in [0.25, 0.3) is 5.91 Å². The molecule has 12 heteroatoms. The smallest absolute Gasteiger partial charge is 0.319 e. The number of thioether (sulfide) groups is 1. The molecular formula is C27H29N7O4S. The maximum absolute atomic E-state index is 13.6. The number of carbonyl (C=O) groups is 4. The van der Waals surface area contributed by atoms with Crippen LogP contribution in [-0.2, 0) is 16.0 Å². The van der Waals surface area contributed by atoms with Gasteiger partial charge >= 0.3 is 6.03 Å². The topological polar surface area (TPSA) is 159 Å². The highest BCUT2D eigenvalue weighted by molar-refractivity contribution is 7.98. The molecule has 0 saturated carbocycles. The van der Waals surface area contributed by atoms with Crippen LogP contribution in [0.25, 0.3) is 0 Å². The Labute approximate surface area is 230 Å². The number of hydrogen-bond donors (Lipinski definition) is 4. The first kappa shape index (κ1) is 27.6. The molecule has 0 radical (unpaired) electrons. The third kappa shape index (κ3) is 7.11. The van der Waals surface area contributed by atoms with Crippen LogP contribution in [0.5, 0.6) is 0 Å². The van der Waals surface area contributed by atoms with Gasteiger partial charge in [-0.05, 0) is 36.4 Å². The van der Waals surface area contributed by atoms with Crippen molar-refractivity contribution < 1.29 is 19.2 Å². The summed E-state index contributed by atoms with van der Waals surface area (Å²) in [7, 11) is 0. The van der Waals surface area contributed by atoms with Crippen LogP contribution in [0.4, 0.5) is 10.5 Å². The monoisotopic (exact) mass is 547 g/mol. The molecule has 5 amide bonds. The summed E-state index contributed by atoms with van der Waals surface area (Å²) < 4.78 is 0. The number of likely N-dealkylation sites (tertiary alicyclic amines) is 1. The van der Waals surface area contributed by atoms with Gasteiger partial charge in [-0.1, -0.05) is 36.4 Å². The fourth-order valence-corrected chi connectivity index (χ4v) is 4.88. The lowest BCUT2D eigenvalue weighted by molar-refractivity contribution is -0.130. The molecule has 4 rings (SSSR count). The molecule has 39 heavy (non-hydrogen) atoms. The molecule has 0 aliphatic carbocycles. The molecule has 202 valence electrons. The Bertz CT molecular complexity index is 1330. The van der Waals surface area contributed by atoms with Crippen molar-refractivity contribution in [2.45, 2.75) is 35.9 Å². The van der Waals surface area contributed by atoms with Gasteiger partial charge in [-0.15, -0.1) is 11.8 Å². The van der Waals surface area contributed by atoms with Gasteiger partial charge < -0.3 is 26.6 Å². The number of primary amides is 1. The van der Waals surface area contributed by atoms with E-state index >= 15 is 0 Å². The van der Waals surface area contributed by atoms with Gasteiger partial charge in [0.05, 0.1) is 12.2 Å². The summed E-state index contributed by atoms with van der Waals surface area (Å²) in [5.74, 6) is -1.84. The largest absolute Gasteiger partial charge is 0.368 e. The predicted octanol–water partition coefficient (Wildman–Crippen LogP) is 1.82. The Morgan fingerprint density at radius 2 is 1.90 bits per heavy atom. The lowest BCUT2D eigenvalue weighted by atomic mass is 10.0. The highest BCUT2D eigenvalue weighted by Gasteiger charge is 2.44. The Morgan fingerprint density at radius 3 is 2.59 bits per heavy atom. The van der Waals surface area contributed by atoms with Crippen LogP contribution in [0.15, 0.2) is 78.1 Å². The number of nitrogens with one attached hydrogen (secondary N) is 3. The molecule has 5 N–H and O–H groups in total. The Hall–Kier alpha value is -4.45. The molecule has 1 aliphatic rings. The molecule has 0 bridgehead atoms.